The highest BCUT2D eigenvalue weighted by Gasteiger charge is 2.20. The van der Waals surface area contributed by atoms with Crippen molar-refractivity contribution in [2.75, 3.05) is 16.2 Å². The molecule has 0 saturated carbocycles. The summed E-state index contributed by atoms with van der Waals surface area (Å²) in [5, 5.41) is 0. The van der Waals surface area contributed by atoms with Crippen LogP contribution in [0.4, 0.5) is 11.4 Å². The second-order valence-corrected chi connectivity index (χ2v) is 8.23. The Balaban J connectivity index is 1.72. The van der Waals surface area contributed by atoms with E-state index >= 15 is 0 Å². The topological polar surface area (TPSA) is 66.5 Å². The third-order valence-electron chi connectivity index (χ3n) is 4.53. The Bertz CT molecular complexity index is 859. The molecule has 0 aromatic heterocycles. The van der Waals surface area contributed by atoms with Gasteiger partial charge >= 0.3 is 0 Å². The van der Waals surface area contributed by atoms with Crippen molar-refractivity contribution in [2.24, 2.45) is 0 Å². The maximum atomic E-state index is 12.5. The van der Waals surface area contributed by atoms with Gasteiger partial charge < -0.3 is 4.90 Å². The van der Waals surface area contributed by atoms with Gasteiger partial charge in [0.05, 0.1) is 4.90 Å². The molecule has 1 aliphatic heterocycles. The Morgan fingerprint density at radius 1 is 1.00 bits per heavy atom. The predicted molar refractivity (Wildman–Crippen MR) is 104 cm³/mol. The number of anilines is 2. The molecule has 1 aliphatic rings. The van der Waals surface area contributed by atoms with Gasteiger partial charge in [-0.2, -0.15) is 0 Å². The van der Waals surface area contributed by atoms with Crippen molar-refractivity contribution in [1.29, 1.82) is 0 Å². The maximum Gasteiger partial charge on any atom is 0.261 e. The summed E-state index contributed by atoms with van der Waals surface area (Å²) in [5.41, 5.74) is 2.42. The summed E-state index contributed by atoms with van der Waals surface area (Å²) >= 11 is 0. The lowest BCUT2D eigenvalue weighted by Gasteiger charge is -2.26. The van der Waals surface area contributed by atoms with Crippen molar-refractivity contribution in [3.05, 3.63) is 54.1 Å². The minimum atomic E-state index is -3.62. The quantitative estimate of drug-likeness (QED) is 0.835. The fraction of sp³-hybridized carbons (Fsp3) is 0.350. The van der Waals surface area contributed by atoms with Gasteiger partial charge in [0, 0.05) is 24.3 Å². The molecule has 0 bridgehead atoms. The van der Waals surface area contributed by atoms with Crippen molar-refractivity contribution in [2.45, 2.75) is 43.9 Å². The van der Waals surface area contributed by atoms with Gasteiger partial charge in [-0.15, -0.1) is 0 Å². The molecule has 1 fully saturated rings. The number of carbonyl (C=O) groups is 1. The van der Waals surface area contributed by atoms with Crippen LogP contribution in [0.25, 0.3) is 0 Å². The number of nitrogens with zero attached hydrogens (tertiary/aromatic N) is 1. The molecule has 1 amide bonds. The fourth-order valence-electron chi connectivity index (χ4n) is 3.13. The molecule has 138 valence electrons. The van der Waals surface area contributed by atoms with Gasteiger partial charge in [0.15, 0.2) is 0 Å². The molecule has 2 aromatic rings. The number of rotatable bonds is 6. The lowest BCUT2D eigenvalue weighted by atomic mass is 10.1. The molecular weight excluding hydrogens is 348 g/mol. The number of sulfonamides is 1. The molecule has 2 aromatic carbocycles. The summed E-state index contributed by atoms with van der Waals surface area (Å²) in [7, 11) is -3.62. The number of aryl methyl sites for hydroxylation is 1. The number of hydrogen-bond donors (Lipinski definition) is 1. The number of nitrogens with one attached hydrogen (secondary N) is 1. The van der Waals surface area contributed by atoms with E-state index in [0.29, 0.717) is 18.7 Å². The van der Waals surface area contributed by atoms with E-state index in [4.69, 9.17) is 0 Å². The zero-order chi connectivity index (χ0) is 18.6. The van der Waals surface area contributed by atoms with Crippen LogP contribution in [0, 0.1) is 0 Å². The van der Waals surface area contributed by atoms with Crippen molar-refractivity contribution in [1.82, 2.24) is 0 Å². The summed E-state index contributed by atoms with van der Waals surface area (Å²) in [6, 6.07) is 13.9. The second kappa shape index (κ2) is 7.91. The molecule has 6 heteroatoms. The zero-order valence-electron chi connectivity index (χ0n) is 14.9. The van der Waals surface area contributed by atoms with E-state index in [1.807, 2.05) is 12.1 Å². The number of carbonyl (C=O) groups excluding carboxylic acids is 1. The zero-order valence-corrected chi connectivity index (χ0v) is 15.8. The Hall–Kier alpha value is -2.34. The molecule has 1 N–H and O–H groups in total. The van der Waals surface area contributed by atoms with Crippen LogP contribution in [0.3, 0.4) is 0 Å². The van der Waals surface area contributed by atoms with E-state index in [1.54, 1.807) is 41.3 Å². The van der Waals surface area contributed by atoms with Gasteiger partial charge in [0.2, 0.25) is 5.91 Å². The minimum absolute atomic E-state index is 0.122. The molecule has 1 heterocycles. The summed E-state index contributed by atoms with van der Waals surface area (Å²) in [4.78, 5) is 14.0. The third kappa shape index (κ3) is 4.25. The van der Waals surface area contributed by atoms with Crippen molar-refractivity contribution < 1.29 is 13.2 Å². The summed E-state index contributed by atoms with van der Waals surface area (Å²) < 4.78 is 27.7. The van der Waals surface area contributed by atoms with Crippen LogP contribution in [0.5, 0.6) is 0 Å². The molecule has 0 radical (unpaired) electrons. The van der Waals surface area contributed by atoms with Gasteiger partial charge in [-0.1, -0.05) is 25.5 Å². The largest absolute Gasteiger partial charge is 0.312 e. The van der Waals surface area contributed by atoms with E-state index in [2.05, 4.69) is 11.6 Å². The number of benzene rings is 2. The fourth-order valence-corrected chi connectivity index (χ4v) is 4.18. The number of hydrogen-bond acceptors (Lipinski definition) is 3. The van der Waals surface area contributed by atoms with E-state index < -0.39 is 10.0 Å². The molecule has 3 rings (SSSR count). The highest BCUT2D eigenvalue weighted by atomic mass is 32.2. The van der Waals surface area contributed by atoms with Crippen molar-refractivity contribution >= 4 is 27.3 Å². The van der Waals surface area contributed by atoms with Crippen LogP contribution in [-0.2, 0) is 21.2 Å². The maximum absolute atomic E-state index is 12.5. The Morgan fingerprint density at radius 3 is 2.31 bits per heavy atom. The molecule has 0 atom stereocenters. The summed E-state index contributed by atoms with van der Waals surface area (Å²) in [5.74, 6) is 0.122. The van der Waals surface area contributed by atoms with Crippen molar-refractivity contribution in [3.8, 4) is 0 Å². The highest BCUT2D eigenvalue weighted by molar-refractivity contribution is 7.92. The molecule has 1 saturated heterocycles. The van der Waals surface area contributed by atoms with Gasteiger partial charge in [-0.05, 0) is 61.2 Å². The van der Waals surface area contributed by atoms with E-state index in [-0.39, 0.29) is 10.8 Å². The van der Waals surface area contributed by atoms with Crippen LogP contribution in [0.2, 0.25) is 0 Å². The molecule has 5 nitrogen and oxygen atoms in total. The average molecular weight is 372 g/mol. The summed E-state index contributed by atoms with van der Waals surface area (Å²) in [6.45, 7) is 2.81. The first kappa shape index (κ1) is 18.5. The lowest BCUT2D eigenvalue weighted by molar-refractivity contribution is -0.119. The monoisotopic (exact) mass is 372 g/mol. The molecule has 0 spiro atoms. The van der Waals surface area contributed by atoms with Crippen LogP contribution >= 0.6 is 0 Å². The third-order valence-corrected chi connectivity index (χ3v) is 5.92. The molecular formula is C20H24N2O3S. The first-order chi connectivity index (χ1) is 12.5. The van der Waals surface area contributed by atoms with Crippen LogP contribution < -0.4 is 9.62 Å². The molecule has 0 aliphatic carbocycles. The van der Waals surface area contributed by atoms with Crippen LogP contribution in [-0.4, -0.2) is 20.9 Å². The molecule has 26 heavy (non-hydrogen) atoms. The number of amides is 1. The first-order valence-electron chi connectivity index (χ1n) is 9.02. The Kier molecular flexibility index (Phi) is 5.61. The standard InChI is InChI=1S/C20H24N2O3S/c1-2-5-16-7-13-19(14-8-16)26(24,25)21-17-9-11-18(12-10-17)22-15-4-3-6-20(22)23/h7-14,21H,2-6,15H2,1H3. The van der Waals surface area contributed by atoms with E-state index in [1.165, 1.54) is 0 Å². The minimum Gasteiger partial charge on any atom is -0.312 e. The highest BCUT2D eigenvalue weighted by Crippen LogP contribution is 2.24. The average Bonchev–Trinajstić information content (AvgIpc) is 2.63. The lowest BCUT2D eigenvalue weighted by Crippen LogP contribution is -2.35. The van der Waals surface area contributed by atoms with Gasteiger partial charge in [0.25, 0.3) is 10.0 Å². The SMILES string of the molecule is CCCc1ccc(S(=O)(=O)Nc2ccc(N3CCCCC3=O)cc2)cc1. The van der Waals surface area contributed by atoms with Crippen LogP contribution in [0.1, 0.15) is 38.2 Å². The Labute approximate surface area is 155 Å². The van der Waals surface area contributed by atoms with Gasteiger partial charge in [-0.25, -0.2) is 8.42 Å². The van der Waals surface area contributed by atoms with E-state index in [0.717, 1.165) is 36.9 Å². The van der Waals surface area contributed by atoms with Gasteiger partial charge in [-0.3, -0.25) is 9.52 Å². The van der Waals surface area contributed by atoms with Gasteiger partial charge in [0.1, 0.15) is 0 Å². The number of piperidine rings is 1. The second-order valence-electron chi connectivity index (χ2n) is 6.55. The van der Waals surface area contributed by atoms with Crippen LogP contribution in [0.15, 0.2) is 53.4 Å². The predicted octanol–water partition coefficient (Wildman–Crippen LogP) is 3.96. The van der Waals surface area contributed by atoms with E-state index in [9.17, 15) is 13.2 Å². The first-order valence-corrected chi connectivity index (χ1v) is 10.5. The molecule has 0 unspecified atom stereocenters. The summed E-state index contributed by atoms with van der Waals surface area (Å²) in [6.07, 6.45) is 4.46. The normalized spacial score (nSPS) is 15.1. The Morgan fingerprint density at radius 2 is 1.69 bits per heavy atom. The van der Waals surface area contributed by atoms with Crippen molar-refractivity contribution in [3.63, 3.8) is 0 Å². The smallest absolute Gasteiger partial charge is 0.261 e.